The summed E-state index contributed by atoms with van der Waals surface area (Å²) in [6.07, 6.45) is 4.27. The van der Waals surface area contributed by atoms with Crippen LogP contribution in [0.15, 0.2) is 42.7 Å². The summed E-state index contributed by atoms with van der Waals surface area (Å²) in [4.78, 5) is 14.3. The predicted octanol–water partition coefficient (Wildman–Crippen LogP) is 1.51. The zero-order chi connectivity index (χ0) is 15.2. The summed E-state index contributed by atoms with van der Waals surface area (Å²) in [5.74, 6) is -0.0542. The second-order valence-corrected chi connectivity index (χ2v) is 5.08. The number of nitrogens with zero attached hydrogens (tertiary/aromatic N) is 3. The molecule has 0 aliphatic carbocycles. The largest absolute Gasteiger partial charge is 0.341 e. The summed E-state index contributed by atoms with van der Waals surface area (Å²) in [5, 5.41) is 4.06. The van der Waals surface area contributed by atoms with Crippen molar-refractivity contribution in [1.82, 2.24) is 14.7 Å². The van der Waals surface area contributed by atoms with E-state index in [0.717, 1.165) is 12.0 Å². The summed E-state index contributed by atoms with van der Waals surface area (Å²) in [6.45, 7) is 3.30. The Bertz CT molecular complexity index is 579. The first kappa shape index (κ1) is 15.3. The topological polar surface area (TPSA) is 64.2 Å². The maximum atomic E-state index is 12.5. The molecule has 1 aromatic heterocycles. The van der Waals surface area contributed by atoms with Gasteiger partial charge >= 0.3 is 0 Å². The molecular formula is C16H22N4O. The standard InChI is InChI=1S/C16H22N4O/c1-3-20(10-9-13-7-5-4-6-8-13)16(21)15(17)14-11-18-19(2)12-14/h4-8,11-12,15H,3,9-10,17H2,1-2H3. The van der Waals surface area contributed by atoms with Crippen molar-refractivity contribution < 1.29 is 4.79 Å². The van der Waals surface area contributed by atoms with Crippen LogP contribution in [-0.4, -0.2) is 33.7 Å². The third kappa shape index (κ3) is 3.92. The van der Waals surface area contributed by atoms with Gasteiger partial charge in [-0.15, -0.1) is 0 Å². The first-order valence-corrected chi connectivity index (χ1v) is 7.18. The van der Waals surface area contributed by atoms with Gasteiger partial charge in [-0.3, -0.25) is 9.48 Å². The van der Waals surface area contributed by atoms with Gasteiger partial charge in [0.25, 0.3) is 0 Å². The van der Waals surface area contributed by atoms with Crippen LogP contribution in [0.1, 0.15) is 24.1 Å². The Balaban J connectivity index is 1.98. The van der Waals surface area contributed by atoms with Gasteiger partial charge < -0.3 is 10.6 Å². The lowest BCUT2D eigenvalue weighted by molar-refractivity contribution is -0.132. The number of hydrogen-bond donors (Lipinski definition) is 1. The molecule has 1 atom stereocenters. The molecule has 5 heteroatoms. The van der Waals surface area contributed by atoms with Crippen LogP contribution in [0.25, 0.3) is 0 Å². The van der Waals surface area contributed by atoms with Crippen molar-refractivity contribution in [3.8, 4) is 0 Å². The first-order valence-electron chi connectivity index (χ1n) is 7.18. The Morgan fingerprint density at radius 3 is 2.67 bits per heavy atom. The SMILES string of the molecule is CCN(CCc1ccccc1)C(=O)C(N)c1cnn(C)c1. The molecule has 0 aliphatic rings. The number of aryl methyl sites for hydroxylation is 1. The molecule has 2 aromatic rings. The van der Waals surface area contributed by atoms with E-state index in [-0.39, 0.29) is 5.91 Å². The Kier molecular flexibility index (Phi) is 5.11. The quantitative estimate of drug-likeness (QED) is 0.875. The zero-order valence-electron chi connectivity index (χ0n) is 12.6. The van der Waals surface area contributed by atoms with Crippen LogP contribution in [-0.2, 0) is 18.3 Å². The van der Waals surface area contributed by atoms with Gasteiger partial charge in [0.15, 0.2) is 0 Å². The molecule has 1 aromatic carbocycles. The highest BCUT2D eigenvalue weighted by Gasteiger charge is 2.22. The molecule has 1 unspecified atom stereocenters. The fourth-order valence-corrected chi connectivity index (χ4v) is 2.27. The molecule has 1 amide bonds. The normalized spacial score (nSPS) is 12.1. The number of benzene rings is 1. The average Bonchev–Trinajstić information content (AvgIpc) is 2.94. The van der Waals surface area contributed by atoms with Crippen molar-refractivity contribution in [3.63, 3.8) is 0 Å². The predicted molar refractivity (Wildman–Crippen MR) is 82.5 cm³/mol. The second kappa shape index (κ2) is 7.04. The van der Waals surface area contributed by atoms with Crippen molar-refractivity contribution in [2.24, 2.45) is 12.8 Å². The molecule has 5 nitrogen and oxygen atoms in total. The number of carbonyl (C=O) groups excluding carboxylic acids is 1. The number of carbonyl (C=O) groups is 1. The van der Waals surface area contributed by atoms with E-state index in [4.69, 9.17) is 5.73 Å². The number of rotatable bonds is 6. The molecular weight excluding hydrogens is 264 g/mol. The van der Waals surface area contributed by atoms with E-state index in [1.54, 1.807) is 22.0 Å². The summed E-state index contributed by atoms with van der Waals surface area (Å²) < 4.78 is 1.66. The molecule has 0 saturated heterocycles. The lowest BCUT2D eigenvalue weighted by atomic mass is 10.1. The molecule has 2 rings (SSSR count). The number of hydrogen-bond acceptors (Lipinski definition) is 3. The van der Waals surface area contributed by atoms with Crippen molar-refractivity contribution in [2.45, 2.75) is 19.4 Å². The van der Waals surface area contributed by atoms with Crippen LogP contribution in [0.2, 0.25) is 0 Å². The van der Waals surface area contributed by atoms with E-state index in [2.05, 4.69) is 17.2 Å². The highest BCUT2D eigenvalue weighted by atomic mass is 16.2. The number of aromatic nitrogens is 2. The molecule has 0 bridgehead atoms. The minimum Gasteiger partial charge on any atom is -0.341 e. The fraction of sp³-hybridized carbons (Fsp3) is 0.375. The molecule has 21 heavy (non-hydrogen) atoms. The lowest BCUT2D eigenvalue weighted by Crippen LogP contribution is -2.39. The number of nitrogens with two attached hydrogens (primary N) is 1. The Morgan fingerprint density at radius 1 is 1.38 bits per heavy atom. The molecule has 0 aliphatic heterocycles. The van der Waals surface area contributed by atoms with Gasteiger partial charge in [0.2, 0.25) is 5.91 Å². The van der Waals surface area contributed by atoms with E-state index < -0.39 is 6.04 Å². The van der Waals surface area contributed by atoms with Crippen molar-refractivity contribution in [2.75, 3.05) is 13.1 Å². The molecule has 0 spiro atoms. The molecule has 0 radical (unpaired) electrons. The molecule has 0 saturated carbocycles. The van der Waals surface area contributed by atoms with Crippen molar-refractivity contribution in [3.05, 3.63) is 53.9 Å². The van der Waals surface area contributed by atoms with Gasteiger partial charge in [-0.1, -0.05) is 30.3 Å². The molecule has 1 heterocycles. The lowest BCUT2D eigenvalue weighted by Gasteiger charge is -2.24. The monoisotopic (exact) mass is 286 g/mol. The Labute approximate surface area is 125 Å². The summed E-state index contributed by atoms with van der Waals surface area (Å²) in [7, 11) is 1.81. The Morgan fingerprint density at radius 2 is 2.10 bits per heavy atom. The van der Waals surface area contributed by atoms with Crippen LogP contribution in [0, 0.1) is 0 Å². The van der Waals surface area contributed by atoms with E-state index in [9.17, 15) is 4.79 Å². The van der Waals surface area contributed by atoms with Crippen molar-refractivity contribution in [1.29, 1.82) is 0 Å². The van der Waals surface area contributed by atoms with E-state index in [0.29, 0.717) is 13.1 Å². The van der Waals surface area contributed by atoms with E-state index in [1.165, 1.54) is 5.56 Å². The van der Waals surface area contributed by atoms with Gasteiger partial charge in [-0.2, -0.15) is 5.10 Å². The van der Waals surface area contributed by atoms with Crippen LogP contribution >= 0.6 is 0 Å². The van der Waals surface area contributed by atoms with E-state index in [1.807, 2.05) is 32.2 Å². The van der Waals surface area contributed by atoms with Crippen molar-refractivity contribution >= 4 is 5.91 Å². The highest BCUT2D eigenvalue weighted by Crippen LogP contribution is 2.13. The third-order valence-corrected chi connectivity index (χ3v) is 3.56. The minimum absolute atomic E-state index is 0.0542. The smallest absolute Gasteiger partial charge is 0.244 e. The van der Waals surface area contributed by atoms with Gasteiger partial charge in [-0.25, -0.2) is 0 Å². The van der Waals surface area contributed by atoms with E-state index >= 15 is 0 Å². The summed E-state index contributed by atoms with van der Waals surface area (Å²) in [5.41, 5.74) is 8.02. The van der Waals surface area contributed by atoms with Crippen LogP contribution in [0.3, 0.4) is 0 Å². The first-order chi connectivity index (χ1) is 10.1. The van der Waals surface area contributed by atoms with Gasteiger partial charge in [0, 0.05) is 31.9 Å². The van der Waals surface area contributed by atoms with Crippen LogP contribution < -0.4 is 5.73 Å². The molecule has 112 valence electrons. The van der Waals surface area contributed by atoms with Crippen LogP contribution in [0.4, 0.5) is 0 Å². The number of amides is 1. The third-order valence-electron chi connectivity index (χ3n) is 3.56. The second-order valence-electron chi connectivity index (χ2n) is 5.08. The minimum atomic E-state index is -0.644. The fourth-order valence-electron chi connectivity index (χ4n) is 2.27. The maximum absolute atomic E-state index is 12.5. The molecule has 2 N–H and O–H groups in total. The summed E-state index contributed by atoms with van der Waals surface area (Å²) in [6, 6.07) is 9.50. The molecule has 0 fully saturated rings. The van der Waals surface area contributed by atoms with Crippen LogP contribution in [0.5, 0.6) is 0 Å². The number of likely N-dealkylation sites (N-methyl/N-ethyl adjacent to an activating group) is 1. The van der Waals surface area contributed by atoms with Gasteiger partial charge in [0.1, 0.15) is 6.04 Å². The average molecular weight is 286 g/mol. The summed E-state index contributed by atoms with van der Waals surface area (Å²) >= 11 is 0. The van der Waals surface area contributed by atoms with Gasteiger partial charge in [-0.05, 0) is 18.9 Å². The Hall–Kier alpha value is -2.14. The highest BCUT2D eigenvalue weighted by molar-refractivity contribution is 5.82. The van der Waals surface area contributed by atoms with Gasteiger partial charge in [0.05, 0.1) is 6.20 Å². The zero-order valence-corrected chi connectivity index (χ0v) is 12.6. The maximum Gasteiger partial charge on any atom is 0.244 e.